The van der Waals surface area contributed by atoms with Crippen molar-refractivity contribution in [2.45, 2.75) is 51.7 Å². The number of carbonyl (C=O) groups excluding carboxylic acids is 2. The van der Waals surface area contributed by atoms with E-state index in [1.165, 1.54) is 0 Å². The van der Waals surface area contributed by atoms with Gasteiger partial charge in [0.1, 0.15) is 6.04 Å². The number of nitrogens with one attached hydrogen (secondary N) is 1. The average molecular weight is 566 g/mol. The highest BCUT2D eigenvalue weighted by molar-refractivity contribution is 6.42. The Kier molecular flexibility index (Phi) is 10.5. The molecule has 2 amide bonds. The number of nitrogens with zero attached hydrogens (tertiary/aromatic N) is 1. The number of amides is 2. The summed E-state index contributed by atoms with van der Waals surface area (Å²) < 4.78 is 0. The third-order valence-corrected chi connectivity index (χ3v) is 7.43. The van der Waals surface area contributed by atoms with Crippen molar-refractivity contribution in [2.75, 3.05) is 0 Å². The van der Waals surface area contributed by atoms with Gasteiger partial charge >= 0.3 is 0 Å². The highest BCUT2D eigenvalue weighted by atomic mass is 35.5. The van der Waals surface area contributed by atoms with Gasteiger partial charge in [0.2, 0.25) is 11.8 Å². The van der Waals surface area contributed by atoms with Gasteiger partial charge in [0.25, 0.3) is 0 Å². The van der Waals surface area contributed by atoms with E-state index < -0.39 is 6.04 Å². The average Bonchev–Trinajstić information content (AvgIpc) is 2.86. The molecule has 0 aliphatic rings. The normalized spacial score (nSPS) is 12.6. The number of hydrogen-bond donors (Lipinski definition) is 1. The van der Waals surface area contributed by atoms with Gasteiger partial charge in [-0.2, -0.15) is 0 Å². The van der Waals surface area contributed by atoms with Crippen LogP contribution in [0.4, 0.5) is 0 Å². The first kappa shape index (κ1) is 28.3. The Balaban J connectivity index is 2.00. The van der Waals surface area contributed by atoms with E-state index >= 15 is 0 Å². The van der Waals surface area contributed by atoms with Crippen LogP contribution in [0, 0.1) is 0 Å². The monoisotopic (exact) mass is 564 g/mol. The summed E-state index contributed by atoms with van der Waals surface area (Å²) in [4.78, 5) is 28.9. The number of rotatable bonds is 10. The first-order chi connectivity index (χ1) is 17.2. The van der Waals surface area contributed by atoms with Crippen LogP contribution < -0.4 is 5.32 Å². The minimum Gasteiger partial charge on any atom is -0.352 e. The zero-order valence-corrected chi connectivity index (χ0v) is 23.1. The summed E-state index contributed by atoms with van der Waals surface area (Å²) in [5.41, 5.74) is 2.42. The molecule has 1 N–H and O–H groups in total. The van der Waals surface area contributed by atoms with E-state index in [2.05, 4.69) is 5.32 Å². The van der Waals surface area contributed by atoms with Gasteiger partial charge in [0.15, 0.2) is 0 Å². The second kappa shape index (κ2) is 13.3. The van der Waals surface area contributed by atoms with E-state index in [4.69, 9.17) is 46.4 Å². The third kappa shape index (κ3) is 7.88. The van der Waals surface area contributed by atoms with Crippen molar-refractivity contribution in [3.8, 4) is 0 Å². The zero-order valence-electron chi connectivity index (χ0n) is 20.1. The van der Waals surface area contributed by atoms with Gasteiger partial charge < -0.3 is 10.2 Å². The van der Waals surface area contributed by atoms with E-state index in [0.29, 0.717) is 32.1 Å². The third-order valence-electron chi connectivity index (χ3n) is 5.95. The first-order valence-corrected chi connectivity index (χ1v) is 13.2. The lowest BCUT2D eigenvalue weighted by molar-refractivity contribution is -0.141. The van der Waals surface area contributed by atoms with Gasteiger partial charge in [0.05, 0.1) is 26.5 Å². The Labute approximate surface area is 232 Å². The van der Waals surface area contributed by atoms with Gasteiger partial charge in [-0.05, 0) is 54.3 Å². The molecule has 190 valence electrons. The molecule has 0 saturated carbocycles. The van der Waals surface area contributed by atoms with Gasteiger partial charge in [0, 0.05) is 19.0 Å². The maximum atomic E-state index is 13.8. The van der Waals surface area contributed by atoms with Crippen molar-refractivity contribution in [2.24, 2.45) is 0 Å². The second-order valence-electron chi connectivity index (χ2n) is 8.72. The fourth-order valence-electron chi connectivity index (χ4n) is 3.76. The van der Waals surface area contributed by atoms with Gasteiger partial charge in [-0.1, -0.05) is 95.8 Å². The minimum absolute atomic E-state index is 0.0345. The molecule has 3 rings (SSSR count). The summed E-state index contributed by atoms with van der Waals surface area (Å²) in [7, 11) is 0. The zero-order chi connectivity index (χ0) is 26.2. The van der Waals surface area contributed by atoms with Crippen LogP contribution in [0.25, 0.3) is 0 Å². The predicted octanol–water partition coefficient (Wildman–Crippen LogP) is 7.40. The molecule has 3 aromatic rings. The molecule has 8 heteroatoms. The fourth-order valence-corrected chi connectivity index (χ4v) is 4.40. The van der Waals surface area contributed by atoms with Crippen LogP contribution in [0.15, 0.2) is 66.7 Å². The standard InChI is InChI=1S/C28H28Cl4N2O2/c1-3-18(2)33-28(36)26(15-19-7-5-4-6-8-19)34(17-21-10-12-23(30)25(32)14-21)27(35)16-20-9-11-22(29)24(31)13-20/h4-14,18,26H,3,15-17H2,1-2H3,(H,33,36)/t18-,26+/m0/s1. The molecule has 0 aromatic heterocycles. The predicted molar refractivity (Wildman–Crippen MR) is 149 cm³/mol. The summed E-state index contributed by atoms with van der Waals surface area (Å²) in [5, 5.41) is 4.64. The SMILES string of the molecule is CC[C@H](C)NC(=O)[C@@H](Cc1ccccc1)N(Cc1ccc(Cl)c(Cl)c1)C(=O)Cc1ccc(Cl)c(Cl)c1. The molecule has 0 spiro atoms. The largest absolute Gasteiger partial charge is 0.352 e. The van der Waals surface area contributed by atoms with Crippen LogP contribution >= 0.6 is 46.4 Å². The number of hydrogen-bond acceptors (Lipinski definition) is 2. The molecule has 0 unspecified atom stereocenters. The van der Waals surface area contributed by atoms with Gasteiger partial charge in [-0.15, -0.1) is 0 Å². The molecule has 0 bridgehead atoms. The smallest absolute Gasteiger partial charge is 0.243 e. The molecule has 0 fully saturated rings. The van der Waals surface area contributed by atoms with Crippen LogP contribution in [0.5, 0.6) is 0 Å². The van der Waals surface area contributed by atoms with Crippen LogP contribution in [-0.2, 0) is 29.0 Å². The lowest BCUT2D eigenvalue weighted by atomic mass is 10.0. The molecular weight excluding hydrogens is 538 g/mol. The lowest BCUT2D eigenvalue weighted by Gasteiger charge is -2.32. The Morgan fingerprint density at radius 1 is 0.806 bits per heavy atom. The summed E-state index contributed by atoms with van der Waals surface area (Å²) in [6.45, 7) is 4.13. The summed E-state index contributed by atoms with van der Waals surface area (Å²) in [6.07, 6.45) is 1.19. The van der Waals surface area contributed by atoms with Gasteiger partial charge in [-0.3, -0.25) is 9.59 Å². The maximum absolute atomic E-state index is 13.8. The quantitative estimate of drug-likeness (QED) is 0.278. The van der Waals surface area contributed by atoms with Crippen LogP contribution in [0.3, 0.4) is 0 Å². The lowest BCUT2D eigenvalue weighted by Crippen LogP contribution is -2.52. The number of halogens is 4. The summed E-state index contributed by atoms with van der Waals surface area (Å²) >= 11 is 24.6. The number of benzene rings is 3. The number of carbonyl (C=O) groups is 2. The molecule has 3 aromatic carbocycles. The van der Waals surface area contributed by atoms with Crippen LogP contribution in [-0.4, -0.2) is 28.8 Å². The van der Waals surface area contributed by atoms with E-state index in [0.717, 1.165) is 17.5 Å². The van der Waals surface area contributed by atoms with Crippen molar-refractivity contribution < 1.29 is 9.59 Å². The molecule has 0 aliphatic heterocycles. The molecule has 36 heavy (non-hydrogen) atoms. The first-order valence-electron chi connectivity index (χ1n) is 11.7. The van der Waals surface area contributed by atoms with Crippen molar-refractivity contribution in [3.05, 3.63) is 104 Å². The fraction of sp³-hybridized carbons (Fsp3) is 0.286. The highest BCUT2D eigenvalue weighted by Gasteiger charge is 2.31. The molecular formula is C28H28Cl4N2O2. The van der Waals surface area contributed by atoms with E-state index in [1.807, 2.05) is 44.2 Å². The van der Waals surface area contributed by atoms with Crippen molar-refractivity contribution in [1.29, 1.82) is 0 Å². The molecule has 0 heterocycles. The molecule has 0 aliphatic carbocycles. The van der Waals surface area contributed by atoms with Crippen LogP contribution in [0.2, 0.25) is 20.1 Å². The Bertz CT molecular complexity index is 1200. The summed E-state index contributed by atoms with van der Waals surface area (Å²) in [6, 6.07) is 19.2. The van der Waals surface area contributed by atoms with Gasteiger partial charge in [-0.25, -0.2) is 0 Å². The van der Waals surface area contributed by atoms with E-state index in [1.54, 1.807) is 41.3 Å². The van der Waals surface area contributed by atoms with Crippen molar-refractivity contribution >= 4 is 58.2 Å². The maximum Gasteiger partial charge on any atom is 0.243 e. The summed E-state index contributed by atoms with van der Waals surface area (Å²) in [5.74, 6) is -0.435. The Hall–Kier alpha value is -2.24. The van der Waals surface area contributed by atoms with E-state index in [9.17, 15) is 9.59 Å². The Morgan fingerprint density at radius 2 is 1.39 bits per heavy atom. The highest BCUT2D eigenvalue weighted by Crippen LogP contribution is 2.26. The van der Waals surface area contributed by atoms with Crippen molar-refractivity contribution in [3.63, 3.8) is 0 Å². The molecule has 0 saturated heterocycles. The molecule has 4 nitrogen and oxygen atoms in total. The topological polar surface area (TPSA) is 49.4 Å². The van der Waals surface area contributed by atoms with Crippen LogP contribution in [0.1, 0.15) is 37.0 Å². The molecule has 2 atom stereocenters. The second-order valence-corrected chi connectivity index (χ2v) is 10.3. The van der Waals surface area contributed by atoms with Crippen molar-refractivity contribution in [1.82, 2.24) is 10.2 Å². The minimum atomic E-state index is -0.744. The molecule has 0 radical (unpaired) electrons. The van der Waals surface area contributed by atoms with E-state index in [-0.39, 0.29) is 30.8 Å². The Morgan fingerprint density at radius 3 is 1.97 bits per heavy atom.